The smallest absolute Gasteiger partial charge is 0.0541 e. The van der Waals surface area contributed by atoms with Crippen LogP contribution in [0.2, 0.25) is 0 Å². The number of benzene rings is 7. The number of pyridine rings is 1. The third-order valence-electron chi connectivity index (χ3n) is 10.5. The second-order valence-electron chi connectivity index (χ2n) is 13.7. The van der Waals surface area contributed by atoms with Crippen LogP contribution in [0.1, 0.15) is 36.1 Å². The van der Waals surface area contributed by atoms with Gasteiger partial charge in [-0.05, 0) is 115 Å². The Morgan fingerprint density at radius 1 is 0.521 bits per heavy atom. The van der Waals surface area contributed by atoms with Crippen molar-refractivity contribution >= 4 is 66.3 Å². The molecule has 0 atom stereocenters. The van der Waals surface area contributed by atoms with Gasteiger partial charge in [0.05, 0.1) is 11.0 Å². The summed E-state index contributed by atoms with van der Waals surface area (Å²) in [5, 5.41) is 10.4. The molecule has 0 amide bonds. The molecule has 0 radical (unpaired) electrons. The van der Waals surface area contributed by atoms with Gasteiger partial charge in [-0.15, -0.1) is 0 Å². The minimum Gasteiger partial charge on any atom is -0.309 e. The second-order valence-corrected chi connectivity index (χ2v) is 13.7. The standard InChI is InChI=1S/C46H32N2/c1-46(2)40-24-30(23-33-17-18-34-25-36(35-8-7-21-47-28-35)27-41(46)45(34)44(33)40)14-13-29-15-16-32-26-37(20-19-31(32)22-29)48-42-11-5-3-9-38(42)39-10-4-6-12-43(39)48/h3-28H,1-2H3/b14-13+. The fourth-order valence-electron chi connectivity index (χ4n) is 8.17. The van der Waals surface area contributed by atoms with Gasteiger partial charge >= 0.3 is 0 Å². The van der Waals surface area contributed by atoms with Crippen LogP contribution in [-0.4, -0.2) is 9.55 Å². The number of fused-ring (bicyclic) bond motifs is 4. The second kappa shape index (κ2) is 10.0. The van der Waals surface area contributed by atoms with Crippen LogP contribution < -0.4 is 0 Å². The first-order valence-electron chi connectivity index (χ1n) is 16.7. The summed E-state index contributed by atoms with van der Waals surface area (Å²) in [7, 11) is 0. The Balaban J connectivity index is 1.01. The van der Waals surface area contributed by atoms with Crippen LogP contribution in [0, 0.1) is 0 Å². The van der Waals surface area contributed by atoms with Crippen LogP contribution in [0.5, 0.6) is 0 Å². The SMILES string of the molecule is CC1(C)c2cc(/C=C/c3ccc4cc(-n5c6ccccc6c6ccccc65)ccc4c3)cc3ccc4cc(-c5cccnc5)cc1c4c23. The predicted molar refractivity (Wildman–Crippen MR) is 204 cm³/mol. The van der Waals surface area contributed by atoms with Gasteiger partial charge in [-0.25, -0.2) is 0 Å². The largest absolute Gasteiger partial charge is 0.309 e. The molecule has 9 aromatic rings. The first-order chi connectivity index (χ1) is 23.5. The summed E-state index contributed by atoms with van der Waals surface area (Å²) in [5.74, 6) is 0. The van der Waals surface area contributed by atoms with E-state index in [1.165, 1.54) is 87.6 Å². The van der Waals surface area contributed by atoms with E-state index in [2.05, 4.69) is 163 Å². The molecule has 0 spiro atoms. The Morgan fingerprint density at radius 3 is 1.90 bits per heavy atom. The average Bonchev–Trinajstić information content (AvgIpc) is 3.59. The van der Waals surface area contributed by atoms with Crippen LogP contribution in [0.3, 0.4) is 0 Å². The highest BCUT2D eigenvalue weighted by Gasteiger charge is 2.34. The lowest BCUT2D eigenvalue weighted by Gasteiger charge is -2.23. The van der Waals surface area contributed by atoms with Crippen molar-refractivity contribution in [1.29, 1.82) is 0 Å². The molecule has 0 unspecified atom stereocenters. The number of rotatable bonds is 4. The van der Waals surface area contributed by atoms with E-state index in [0.29, 0.717) is 0 Å². The summed E-state index contributed by atoms with van der Waals surface area (Å²) >= 11 is 0. The molecule has 1 aliphatic carbocycles. The van der Waals surface area contributed by atoms with Crippen LogP contribution in [0.25, 0.3) is 83.1 Å². The van der Waals surface area contributed by atoms with Gasteiger partial charge in [-0.3, -0.25) is 4.98 Å². The summed E-state index contributed by atoms with van der Waals surface area (Å²) in [6.45, 7) is 4.74. The maximum Gasteiger partial charge on any atom is 0.0541 e. The number of para-hydroxylation sites is 2. The highest BCUT2D eigenvalue weighted by Crippen LogP contribution is 2.50. The van der Waals surface area contributed by atoms with Crippen molar-refractivity contribution < 1.29 is 0 Å². The summed E-state index contributed by atoms with van der Waals surface area (Å²) in [6.07, 6.45) is 8.32. The number of hydrogen-bond donors (Lipinski definition) is 0. The fourth-order valence-corrected chi connectivity index (χ4v) is 8.17. The van der Waals surface area contributed by atoms with Crippen LogP contribution >= 0.6 is 0 Å². The molecule has 2 nitrogen and oxygen atoms in total. The highest BCUT2D eigenvalue weighted by molar-refractivity contribution is 6.16. The molecule has 0 bridgehead atoms. The fraction of sp³-hybridized carbons (Fsp3) is 0.0652. The van der Waals surface area contributed by atoms with Crippen molar-refractivity contribution in [2.24, 2.45) is 0 Å². The van der Waals surface area contributed by atoms with E-state index >= 15 is 0 Å². The lowest BCUT2D eigenvalue weighted by molar-refractivity contribution is 0.663. The van der Waals surface area contributed by atoms with Crippen molar-refractivity contribution in [3.63, 3.8) is 0 Å². The number of aromatic nitrogens is 2. The molecule has 2 aromatic heterocycles. The van der Waals surface area contributed by atoms with Crippen molar-refractivity contribution in [1.82, 2.24) is 9.55 Å². The molecule has 10 rings (SSSR count). The van der Waals surface area contributed by atoms with E-state index in [-0.39, 0.29) is 5.41 Å². The molecule has 2 heterocycles. The highest BCUT2D eigenvalue weighted by atomic mass is 15.0. The molecular formula is C46H32N2. The Kier molecular flexibility index (Phi) is 5.66. The number of nitrogens with zero attached hydrogens (tertiary/aromatic N) is 2. The van der Waals surface area contributed by atoms with Gasteiger partial charge in [0, 0.05) is 39.8 Å². The zero-order valence-corrected chi connectivity index (χ0v) is 26.9. The van der Waals surface area contributed by atoms with E-state index < -0.39 is 0 Å². The Morgan fingerprint density at radius 2 is 1.15 bits per heavy atom. The molecule has 0 saturated heterocycles. The van der Waals surface area contributed by atoms with Gasteiger partial charge in [-0.2, -0.15) is 0 Å². The van der Waals surface area contributed by atoms with Crippen LogP contribution in [0.4, 0.5) is 0 Å². The number of hydrogen-bond acceptors (Lipinski definition) is 1. The first-order valence-corrected chi connectivity index (χ1v) is 16.7. The van der Waals surface area contributed by atoms with Gasteiger partial charge in [0.1, 0.15) is 0 Å². The third kappa shape index (κ3) is 3.96. The average molecular weight is 613 g/mol. The molecule has 7 aromatic carbocycles. The van der Waals surface area contributed by atoms with E-state index in [4.69, 9.17) is 0 Å². The van der Waals surface area contributed by atoms with Gasteiger partial charge in [-0.1, -0.05) is 105 Å². The molecule has 48 heavy (non-hydrogen) atoms. The monoisotopic (exact) mass is 612 g/mol. The lowest BCUT2D eigenvalue weighted by atomic mass is 9.80. The minimum atomic E-state index is -0.0979. The molecule has 0 N–H and O–H groups in total. The lowest BCUT2D eigenvalue weighted by Crippen LogP contribution is -2.15. The van der Waals surface area contributed by atoms with E-state index in [1.807, 2.05) is 18.5 Å². The molecule has 0 saturated carbocycles. The van der Waals surface area contributed by atoms with Crippen LogP contribution in [0.15, 0.2) is 146 Å². The zero-order valence-electron chi connectivity index (χ0n) is 26.9. The van der Waals surface area contributed by atoms with Crippen molar-refractivity contribution in [3.8, 4) is 16.8 Å². The Bertz CT molecular complexity index is 2740. The van der Waals surface area contributed by atoms with E-state index in [1.54, 1.807) is 0 Å². The van der Waals surface area contributed by atoms with Crippen molar-refractivity contribution in [3.05, 3.63) is 168 Å². The zero-order chi connectivity index (χ0) is 32.0. The first kappa shape index (κ1) is 27.2. The van der Waals surface area contributed by atoms with Crippen molar-refractivity contribution in [2.75, 3.05) is 0 Å². The maximum absolute atomic E-state index is 4.38. The van der Waals surface area contributed by atoms with Gasteiger partial charge in [0.25, 0.3) is 0 Å². The minimum absolute atomic E-state index is 0.0979. The predicted octanol–water partition coefficient (Wildman–Crippen LogP) is 12.1. The molecule has 0 fully saturated rings. The van der Waals surface area contributed by atoms with E-state index in [9.17, 15) is 0 Å². The summed E-state index contributed by atoms with van der Waals surface area (Å²) in [4.78, 5) is 4.38. The quantitative estimate of drug-likeness (QED) is 0.143. The third-order valence-corrected chi connectivity index (χ3v) is 10.5. The Labute approximate surface area is 279 Å². The van der Waals surface area contributed by atoms with E-state index in [0.717, 1.165) is 5.56 Å². The molecule has 226 valence electrons. The maximum atomic E-state index is 4.38. The molecule has 2 heteroatoms. The van der Waals surface area contributed by atoms with Crippen molar-refractivity contribution in [2.45, 2.75) is 19.3 Å². The van der Waals surface area contributed by atoms with Crippen LogP contribution in [-0.2, 0) is 5.41 Å². The molecular weight excluding hydrogens is 581 g/mol. The molecule has 1 aliphatic rings. The van der Waals surface area contributed by atoms with Gasteiger partial charge < -0.3 is 4.57 Å². The summed E-state index contributed by atoms with van der Waals surface area (Å²) in [6, 6.07) is 49.2. The Hall–Kier alpha value is -5.99. The normalized spacial score (nSPS) is 13.7. The topological polar surface area (TPSA) is 17.8 Å². The van der Waals surface area contributed by atoms with Gasteiger partial charge in [0.2, 0.25) is 0 Å². The molecule has 0 aliphatic heterocycles. The van der Waals surface area contributed by atoms with Gasteiger partial charge in [0.15, 0.2) is 0 Å². The summed E-state index contributed by atoms with van der Waals surface area (Å²) in [5.41, 5.74) is 11.2. The summed E-state index contributed by atoms with van der Waals surface area (Å²) < 4.78 is 2.38.